The maximum atomic E-state index is 11.9. The molecule has 0 saturated heterocycles. The van der Waals surface area contributed by atoms with Gasteiger partial charge in [0, 0.05) is 6.07 Å². The molecule has 0 saturated carbocycles. The number of nitrogens with zero attached hydrogens (tertiary/aromatic N) is 2. The van der Waals surface area contributed by atoms with Gasteiger partial charge in [0.25, 0.3) is 0 Å². The second kappa shape index (κ2) is 4.28. The average molecular weight is 260 g/mol. The van der Waals surface area contributed by atoms with Crippen molar-refractivity contribution in [2.45, 2.75) is 26.4 Å². The molecule has 0 atom stereocenters. The van der Waals surface area contributed by atoms with Gasteiger partial charge in [-0.2, -0.15) is 9.83 Å². The minimum Gasteiger partial charge on any atom is -0.443 e. The summed E-state index contributed by atoms with van der Waals surface area (Å²) in [7, 11) is 0. The van der Waals surface area contributed by atoms with Gasteiger partial charge in [-0.3, -0.25) is 0 Å². The molecule has 2 aromatic rings. The van der Waals surface area contributed by atoms with Crippen molar-refractivity contribution in [3.05, 3.63) is 34.3 Å². The van der Waals surface area contributed by atoms with E-state index in [0.29, 0.717) is 5.56 Å². The van der Waals surface area contributed by atoms with Crippen molar-refractivity contribution in [3.8, 4) is 6.07 Å². The van der Waals surface area contributed by atoms with E-state index < -0.39 is 17.5 Å². The predicted molar refractivity (Wildman–Crippen MR) is 66.8 cm³/mol. The molecule has 1 aromatic carbocycles. The van der Waals surface area contributed by atoms with Crippen LogP contribution in [-0.2, 0) is 4.74 Å². The summed E-state index contributed by atoms with van der Waals surface area (Å²) in [6.45, 7) is 5.10. The van der Waals surface area contributed by atoms with E-state index in [-0.39, 0.29) is 11.1 Å². The third-order valence-corrected chi connectivity index (χ3v) is 2.29. The highest BCUT2D eigenvalue weighted by Crippen LogP contribution is 2.16. The zero-order valence-electron chi connectivity index (χ0n) is 10.8. The van der Waals surface area contributed by atoms with Crippen LogP contribution in [0.4, 0.5) is 4.79 Å². The lowest BCUT2D eigenvalue weighted by Gasteiger charge is -2.18. The van der Waals surface area contributed by atoms with E-state index in [1.807, 2.05) is 6.07 Å². The molecule has 2 rings (SSSR count). The van der Waals surface area contributed by atoms with E-state index in [1.54, 1.807) is 20.8 Å². The van der Waals surface area contributed by atoms with E-state index in [2.05, 4.69) is 0 Å². The molecule has 0 N–H and O–H groups in total. The average Bonchev–Trinajstić information content (AvgIpc) is 2.61. The van der Waals surface area contributed by atoms with E-state index in [0.717, 1.165) is 4.57 Å². The molecule has 0 radical (unpaired) electrons. The fraction of sp³-hybridized carbons (Fsp3) is 0.308. The third kappa shape index (κ3) is 2.50. The van der Waals surface area contributed by atoms with Crippen molar-refractivity contribution in [2.24, 2.45) is 0 Å². The minimum absolute atomic E-state index is 0.176. The number of hydrogen-bond donors (Lipinski definition) is 0. The Balaban J connectivity index is 2.56. The van der Waals surface area contributed by atoms with E-state index in [9.17, 15) is 9.59 Å². The molecule has 0 unspecified atom stereocenters. The van der Waals surface area contributed by atoms with Crippen LogP contribution in [0, 0.1) is 11.3 Å². The summed E-state index contributed by atoms with van der Waals surface area (Å²) in [4.78, 5) is 23.6. The second-order valence-corrected chi connectivity index (χ2v) is 4.98. The van der Waals surface area contributed by atoms with Crippen molar-refractivity contribution >= 4 is 17.2 Å². The van der Waals surface area contributed by atoms with Crippen LogP contribution in [0.15, 0.2) is 27.4 Å². The van der Waals surface area contributed by atoms with Gasteiger partial charge in [-0.05, 0) is 32.9 Å². The van der Waals surface area contributed by atoms with Crippen LogP contribution in [0.2, 0.25) is 0 Å². The molecule has 0 bridgehead atoms. The molecule has 0 amide bonds. The molecule has 0 spiro atoms. The number of rotatable bonds is 0. The van der Waals surface area contributed by atoms with Crippen molar-refractivity contribution in [1.29, 1.82) is 5.26 Å². The quantitative estimate of drug-likeness (QED) is 0.725. The number of ether oxygens (including phenoxy) is 1. The maximum absolute atomic E-state index is 11.9. The number of hydrogen-bond acceptors (Lipinski definition) is 5. The highest BCUT2D eigenvalue weighted by atomic mass is 16.6. The minimum atomic E-state index is -0.834. The van der Waals surface area contributed by atoms with Crippen molar-refractivity contribution in [3.63, 3.8) is 0 Å². The SMILES string of the molecule is CC(C)(C)OC(=O)n1c(=O)oc2cc(C#N)ccc21. The molecule has 1 aromatic heterocycles. The Morgan fingerprint density at radius 1 is 1.42 bits per heavy atom. The summed E-state index contributed by atoms with van der Waals surface area (Å²) >= 11 is 0. The van der Waals surface area contributed by atoms with Gasteiger partial charge in [-0.1, -0.05) is 0 Å². The smallest absolute Gasteiger partial charge is 0.429 e. The summed E-state index contributed by atoms with van der Waals surface area (Å²) in [5, 5.41) is 8.77. The van der Waals surface area contributed by atoms with Gasteiger partial charge < -0.3 is 9.15 Å². The molecule has 0 aliphatic rings. The molecule has 19 heavy (non-hydrogen) atoms. The van der Waals surface area contributed by atoms with Crippen LogP contribution in [0.25, 0.3) is 11.1 Å². The van der Waals surface area contributed by atoms with Gasteiger partial charge in [0.15, 0.2) is 5.58 Å². The lowest BCUT2D eigenvalue weighted by molar-refractivity contribution is 0.0532. The van der Waals surface area contributed by atoms with Gasteiger partial charge in [0.1, 0.15) is 11.1 Å². The number of nitriles is 1. The van der Waals surface area contributed by atoms with Crippen LogP contribution < -0.4 is 5.76 Å². The van der Waals surface area contributed by atoms with Crippen LogP contribution in [0.5, 0.6) is 0 Å². The van der Waals surface area contributed by atoms with Gasteiger partial charge >= 0.3 is 11.8 Å². The number of oxazole rings is 1. The second-order valence-electron chi connectivity index (χ2n) is 4.98. The van der Waals surface area contributed by atoms with Crippen LogP contribution in [0.1, 0.15) is 26.3 Å². The van der Waals surface area contributed by atoms with Crippen LogP contribution >= 0.6 is 0 Å². The van der Waals surface area contributed by atoms with Gasteiger partial charge in [0.05, 0.1) is 11.6 Å². The number of benzene rings is 1. The molecule has 0 fully saturated rings. The van der Waals surface area contributed by atoms with Gasteiger partial charge in [0.2, 0.25) is 0 Å². The lowest BCUT2D eigenvalue weighted by Crippen LogP contribution is -2.31. The Kier molecular flexibility index (Phi) is 2.91. The molecule has 1 heterocycles. The summed E-state index contributed by atoms with van der Waals surface area (Å²) in [5.41, 5.74) is 0.0814. The first-order valence-electron chi connectivity index (χ1n) is 5.61. The molecule has 0 aliphatic heterocycles. The van der Waals surface area contributed by atoms with E-state index in [4.69, 9.17) is 14.4 Å². The van der Waals surface area contributed by atoms with Crippen molar-refractivity contribution in [2.75, 3.05) is 0 Å². The number of carbonyl (C=O) groups excluding carboxylic acids is 1. The van der Waals surface area contributed by atoms with Gasteiger partial charge in [-0.15, -0.1) is 0 Å². The molecular weight excluding hydrogens is 248 g/mol. The van der Waals surface area contributed by atoms with Gasteiger partial charge in [-0.25, -0.2) is 9.59 Å². The highest BCUT2D eigenvalue weighted by molar-refractivity contribution is 5.85. The lowest BCUT2D eigenvalue weighted by atomic mass is 10.2. The zero-order valence-corrected chi connectivity index (χ0v) is 10.8. The van der Waals surface area contributed by atoms with E-state index >= 15 is 0 Å². The maximum Gasteiger partial charge on any atom is 0.429 e. The number of fused-ring (bicyclic) bond motifs is 1. The summed E-state index contributed by atoms with van der Waals surface area (Å²) in [6, 6.07) is 6.30. The summed E-state index contributed by atoms with van der Waals surface area (Å²) in [6.07, 6.45) is -0.805. The normalized spacial score (nSPS) is 11.3. The molecule has 6 heteroatoms. The van der Waals surface area contributed by atoms with Crippen LogP contribution in [0.3, 0.4) is 0 Å². The molecular formula is C13H12N2O4. The topological polar surface area (TPSA) is 85.2 Å². The van der Waals surface area contributed by atoms with Crippen molar-refractivity contribution < 1.29 is 13.9 Å². The Hall–Kier alpha value is -2.55. The fourth-order valence-electron chi connectivity index (χ4n) is 1.57. The standard InChI is InChI=1S/C13H12N2O4/c1-13(2,3)19-12(17)15-9-5-4-8(7-14)6-10(9)18-11(15)16/h4-6H,1-3H3. The zero-order chi connectivity index (χ0) is 14.2. The largest absolute Gasteiger partial charge is 0.443 e. The first-order chi connectivity index (χ1) is 8.81. The Morgan fingerprint density at radius 2 is 2.11 bits per heavy atom. The Morgan fingerprint density at radius 3 is 2.68 bits per heavy atom. The Bertz CT molecular complexity index is 741. The highest BCUT2D eigenvalue weighted by Gasteiger charge is 2.22. The Labute approximate surface area is 108 Å². The van der Waals surface area contributed by atoms with Crippen LogP contribution in [-0.4, -0.2) is 16.3 Å². The fourth-order valence-corrected chi connectivity index (χ4v) is 1.57. The number of aromatic nitrogens is 1. The first kappa shape index (κ1) is 12.9. The monoisotopic (exact) mass is 260 g/mol. The third-order valence-electron chi connectivity index (χ3n) is 2.29. The predicted octanol–water partition coefficient (Wildman–Crippen LogP) is 2.25. The number of carbonyl (C=O) groups is 1. The summed E-state index contributed by atoms with van der Waals surface area (Å²) in [5.74, 6) is -0.834. The first-order valence-corrected chi connectivity index (χ1v) is 5.61. The molecule has 98 valence electrons. The molecule has 0 aliphatic carbocycles. The summed E-state index contributed by atoms with van der Waals surface area (Å²) < 4.78 is 10.9. The molecule has 6 nitrogen and oxygen atoms in total. The van der Waals surface area contributed by atoms with E-state index in [1.165, 1.54) is 18.2 Å². The van der Waals surface area contributed by atoms with Crippen molar-refractivity contribution in [1.82, 2.24) is 4.57 Å².